The van der Waals surface area contributed by atoms with Crippen LogP contribution in [0.15, 0.2) is 24.3 Å². The topological polar surface area (TPSA) is 41.4 Å². The van der Waals surface area contributed by atoms with E-state index in [0.717, 1.165) is 62.5 Å². The summed E-state index contributed by atoms with van der Waals surface area (Å²) in [7, 11) is 1.92. The Labute approximate surface area is 159 Å². The van der Waals surface area contributed by atoms with Gasteiger partial charge in [-0.25, -0.2) is 9.07 Å². The number of benzene rings is 1. The van der Waals surface area contributed by atoms with Crippen molar-refractivity contribution in [3.63, 3.8) is 0 Å². The number of carbonyl (C=O) groups is 1. The molecule has 2 aliphatic heterocycles. The van der Waals surface area contributed by atoms with E-state index in [4.69, 9.17) is 0 Å². The van der Waals surface area contributed by atoms with Gasteiger partial charge in [0, 0.05) is 37.9 Å². The molecule has 0 unspecified atom stereocenters. The zero-order valence-electron chi connectivity index (χ0n) is 16.3. The molecule has 144 valence electrons. The lowest BCUT2D eigenvalue weighted by atomic mass is 9.78. The highest BCUT2D eigenvalue weighted by Crippen LogP contribution is 2.40. The number of amides is 1. The van der Waals surface area contributed by atoms with Gasteiger partial charge in [-0.15, -0.1) is 0 Å². The Balaban J connectivity index is 1.54. The predicted octanol–water partition coefficient (Wildman–Crippen LogP) is 3.07. The Bertz CT molecular complexity index is 860. The zero-order valence-corrected chi connectivity index (χ0v) is 16.3. The van der Waals surface area contributed by atoms with E-state index >= 15 is 0 Å². The molecule has 3 heterocycles. The molecule has 6 heteroatoms. The molecule has 0 saturated carbocycles. The molecule has 0 N–H and O–H groups in total. The van der Waals surface area contributed by atoms with Crippen molar-refractivity contribution < 1.29 is 9.18 Å². The average Bonchev–Trinajstić information content (AvgIpc) is 3.17. The van der Waals surface area contributed by atoms with Crippen LogP contribution in [0.3, 0.4) is 0 Å². The van der Waals surface area contributed by atoms with Crippen LogP contribution in [0.1, 0.15) is 36.2 Å². The molecule has 4 rings (SSSR count). The van der Waals surface area contributed by atoms with Crippen LogP contribution in [-0.4, -0.2) is 52.2 Å². The van der Waals surface area contributed by atoms with Crippen molar-refractivity contribution in [2.75, 3.05) is 26.7 Å². The average molecular weight is 370 g/mol. The molecule has 27 heavy (non-hydrogen) atoms. The van der Waals surface area contributed by atoms with Crippen LogP contribution in [0.5, 0.6) is 0 Å². The number of aromatic nitrogens is 2. The van der Waals surface area contributed by atoms with Crippen LogP contribution < -0.4 is 0 Å². The normalized spacial score (nSPS) is 23.6. The number of hydrogen-bond acceptors (Lipinski definition) is 3. The summed E-state index contributed by atoms with van der Waals surface area (Å²) in [6, 6.07) is 6.42. The number of carbonyl (C=O) groups excluding carboxylic acids is 1. The lowest BCUT2D eigenvalue weighted by Gasteiger charge is -2.37. The highest BCUT2D eigenvalue weighted by Gasteiger charge is 2.47. The summed E-state index contributed by atoms with van der Waals surface area (Å²) in [6.45, 7) is 7.54. The van der Waals surface area contributed by atoms with E-state index in [0.29, 0.717) is 5.91 Å². The minimum absolute atomic E-state index is 0.193. The van der Waals surface area contributed by atoms with Gasteiger partial charge in [0.1, 0.15) is 5.82 Å². The summed E-state index contributed by atoms with van der Waals surface area (Å²) in [5.74, 6) is 0.0664. The third-order valence-corrected chi connectivity index (χ3v) is 6.28. The van der Waals surface area contributed by atoms with E-state index in [1.54, 1.807) is 12.1 Å². The largest absolute Gasteiger partial charge is 0.345 e. The van der Waals surface area contributed by atoms with Gasteiger partial charge in [0.25, 0.3) is 0 Å². The van der Waals surface area contributed by atoms with Crippen LogP contribution in [0.4, 0.5) is 4.39 Å². The lowest BCUT2D eigenvalue weighted by molar-refractivity contribution is -0.143. The molecule has 1 aromatic carbocycles. The Hall–Kier alpha value is -2.21. The summed E-state index contributed by atoms with van der Waals surface area (Å²) >= 11 is 0. The maximum Gasteiger partial charge on any atom is 0.229 e. The van der Waals surface area contributed by atoms with E-state index < -0.39 is 0 Å². The molecule has 1 amide bonds. The van der Waals surface area contributed by atoms with E-state index in [2.05, 4.69) is 16.9 Å². The number of rotatable bonds is 3. The molecule has 2 fully saturated rings. The van der Waals surface area contributed by atoms with Gasteiger partial charge in [0.2, 0.25) is 5.91 Å². The first-order valence-corrected chi connectivity index (χ1v) is 9.69. The molecule has 2 saturated heterocycles. The maximum atomic E-state index is 13.2. The van der Waals surface area contributed by atoms with Gasteiger partial charge in [-0.05, 0) is 63.9 Å². The first-order chi connectivity index (χ1) is 12.9. The van der Waals surface area contributed by atoms with E-state index in [1.165, 1.54) is 17.7 Å². The van der Waals surface area contributed by atoms with Gasteiger partial charge in [-0.1, -0.05) is 0 Å². The minimum atomic E-state index is -0.245. The molecule has 1 atom stereocenters. The number of aryl methyl sites for hydroxylation is 1. The van der Waals surface area contributed by atoms with Crippen molar-refractivity contribution in [3.05, 3.63) is 47.0 Å². The standard InChI is InChI=1S/C21H27FN4O/c1-15-19(16(2)26(23-15)18-7-5-17(22)6-8-18)13-25-12-10-21(14-25)9-4-11-24(3)20(21)27/h5-8H,4,9-14H2,1-3H3/t21-/m1/s1. The first-order valence-electron chi connectivity index (χ1n) is 9.69. The molecule has 2 aliphatic rings. The number of hydrogen-bond donors (Lipinski definition) is 0. The molecule has 0 radical (unpaired) electrons. The van der Waals surface area contributed by atoms with Gasteiger partial charge in [0.15, 0.2) is 0 Å². The Kier molecular flexibility index (Phi) is 4.54. The third kappa shape index (κ3) is 3.16. The van der Waals surface area contributed by atoms with Gasteiger partial charge in [0.05, 0.1) is 16.8 Å². The summed E-state index contributed by atoms with van der Waals surface area (Å²) in [4.78, 5) is 17.0. The third-order valence-electron chi connectivity index (χ3n) is 6.28. The highest BCUT2D eigenvalue weighted by molar-refractivity contribution is 5.83. The van der Waals surface area contributed by atoms with Crippen molar-refractivity contribution in [1.82, 2.24) is 19.6 Å². The molecule has 2 aromatic rings. The summed E-state index contributed by atoms with van der Waals surface area (Å²) < 4.78 is 15.1. The fraction of sp³-hybridized carbons (Fsp3) is 0.524. The second-order valence-corrected chi connectivity index (χ2v) is 8.11. The maximum absolute atomic E-state index is 13.2. The Morgan fingerprint density at radius 2 is 1.89 bits per heavy atom. The van der Waals surface area contributed by atoms with Crippen LogP contribution in [0.2, 0.25) is 0 Å². The predicted molar refractivity (Wildman–Crippen MR) is 102 cm³/mol. The van der Waals surface area contributed by atoms with E-state index in [1.807, 2.05) is 23.6 Å². The van der Waals surface area contributed by atoms with E-state index in [9.17, 15) is 9.18 Å². The van der Waals surface area contributed by atoms with Crippen LogP contribution in [0, 0.1) is 25.1 Å². The quantitative estimate of drug-likeness (QED) is 0.834. The van der Waals surface area contributed by atoms with Crippen LogP contribution in [-0.2, 0) is 11.3 Å². The van der Waals surface area contributed by atoms with Gasteiger partial charge >= 0.3 is 0 Å². The van der Waals surface area contributed by atoms with Crippen molar-refractivity contribution in [2.45, 2.75) is 39.7 Å². The first kappa shape index (κ1) is 18.2. The summed E-state index contributed by atoms with van der Waals surface area (Å²) in [5.41, 5.74) is 3.94. The van der Waals surface area contributed by atoms with Crippen molar-refractivity contribution >= 4 is 5.91 Å². The van der Waals surface area contributed by atoms with Gasteiger partial charge < -0.3 is 4.90 Å². The second-order valence-electron chi connectivity index (χ2n) is 8.11. The zero-order chi connectivity index (χ0) is 19.2. The molecule has 5 nitrogen and oxygen atoms in total. The van der Waals surface area contributed by atoms with Crippen molar-refractivity contribution in [2.24, 2.45) is 5.41 Å². The van der Waals surface area contributed by atoms with Crippen LogP contribution >= 0.6 is 0 Å². The fourth-order valence-corrected chi connectivity index (χ4v) is 4.70. The SMILES string of the molecule is Cc1nn(-c2ccc(F)cc2)c(C)c1CN1CC[C@]2(CCCN(C)C2=O)C1. The fourth-order valence-electron chi connectivity index (χ4n) is 4.70. The van der Waals surface area contributed by atoms with Crippen molar-refractivity contribution in [3.8, 4) is 5.69 Å². The summed E-state index contributed by atoms with van der Waals surface area (Å²) in [5, 5.41) is 4.68. The smallest absolute Gasteiger partial charge is 0.229 e. The molecular weight excluding hydrogens is 343 g/mol. The molecular formula is C21H27FN4O. The number of halogens is 1. The lowest BCUT2D eigenvalue weighted by Crippen LogP contribution is -2.48. The Morgan fingerprint density at radius 3 is 2.63 bits per heavy atom. The molecule has 0 bridgehead atoms. The highest BCUT2D eigenvalue weighted by atomic mass is 19.1. The molecule has 0 aliphatic carbocycles. The molecule has 1 spiro atoms. The Morgan fingerprint density at radius 1 is 1.15 bits per heavy atom. The number of nitrogens with zero attached hydrogens (tertiary/aromatic N) is 4. The minimum Gasteiger partial charge on any atom is -0.345 e. The van der Waals surface area contributed by atoms with Gasteiger partial charge in [-0.3, -0.25) is 9.69 Å². The monoisotopic (exact) mass is 370 g/mol. The molecule has 1 aromatic heterocycles. The van der Waals surface area contributed by atoms with E-state index in [-0.39, 0.29) is 11.2 Å². The van der Waals surface area contributed by atoms with Crippen LogP contribution in [0.25, 0.3) is 5.69 Å². The number of piperidine rings is 1. The van der Waals surface area contributed by atoms with Crippen molar-refractivity contribution in [1.29, 1.82) is 0 Å². The second kappa shape index (κ2) is 6.75. The summed E-state index contributed by atoms with van der Waals surface area (Å²) in [6.07, 6.45) is 3.04. The van der Waals surface area contributed by atoms with Gasteiger partial charge in [-0.2, -0.15) is 5.10 Å². The number of likely N-dealkylation sites (tertiary alicyclic amines) is 2.